The molecule has 0 unspecified atom stereocenters. The van der Waals surface area contributed by atoms with Crippen LogP contribution in [0.2, 0.25) is 0 Å². The van der Waals surface area contributed by atoms with Crippen molar-refractivity contribution in [3.8, 4) is 5.75 Å². The Hall–Kier alpha value is -2.24. The van der Waals surface area contributed by atoms with Gasteiger partial charge in [-0.3, -0.25) is 4.79 Å². The van der Waals surface area contributed by atoms with E-state index < -0.39 is 0 Å². The Labute approximate surface area is 143 Å². The van der Waals surface area contributed by atoms with Crippen molar-refractivity contribution in [1.82, 2.24) is 10.2 Å². The quantitative estimate of drug-likeness (QED) is 0.841. The summed E-state index contributed by atoms with van der Waals surface area (Å²) >= 11 is 0. The number of nitrogens with one attached hydrogen (secondary N) is 2. The SMILES string of the molecule is COc1cccc(NC(=O)N2CCC[C@@H]2C(=O)NCCC(C)C)c1. The number of nitrogens with zero attached hydrogens (tertiary/aromatic N) is 1. The fraction of sp³-hybridized carbons (Fsp3) is 0.556. The number of urea groups is 1. The second kappa shape index (κ2) is 8.57. The molecule has 3 amide bonds. The molecule has 1 aromatic rings. The summed E-state index contributed by atoms with van der Waals surface area (Å²) in [5, 5.41) is 5.79. The summed E-state index contributed by atoms with van der Waals surface area (Å²) in [6.07, 6.45) is 2.49. The maximum atomic E-state index is 12.5. The second-order valence-corrected chi connectivity index (χ2v) is 6.49. The first-order valence-electron chi connectivity index (χ1n) is 8.50. The molecule has 6 heteroatoms. The van der Waals surface area contributed by atoms with E-state index in [1.54, 1.807) is 24.1 Å². The third kappa shape index (κ3) is 4.88. The molecule has 1 fully saturated rings. The normalized spacial score (nSPS) is 17.0. The topological polar surface area (TPSA) is 70.7 Å². The van der Waals surface area contributed by atoms with E-state index in [2.05, 4.69) is 24.5 Å². The van der Waals surface area contributed by atoms with Crippen LogP contribution in [0.25, 0.3) is 0 Å². The molecule has 0 aliphatic carbocycles. The van der Waals surface area contributed by atoms with Crippen LogP contribution < -0.4 is 15.4 Å². The number of carbonyl (C=O) groups excluding carboxylic acids is 2. The molecule has 1 heterocycles. The highest BCUT2D eigenvalue weighted by molar-refractivity contribution is 5.94. The fourth-order valence-electron chi connectivity index (χ4n) is 2.78. The Bertz CT molecular complexity index is 574. The van der Waals surface area contributed by atoms with Crippen molar-refractivity contribution in [2.75, 3.05) is 25.5 Å². The zero-order valence-electron chi connectivity index (χ0n) is 14.7. The van der Waals surface area contributed by atoms with E-state index in [1.807, 2.05) is 12.1 Å². The van der Waals surface area contributed by atoms with Gasteiger partial charge in [-0.2, -0.15) is 0 Å². The lowest BCUT2D eigenvalue weighted by atomic mass is 10.1. The van der Waals surface area contributed by atoms with Crippen molar-refractivity contribution < 1.29 is 14.3 Å². The molecule has 1 atom stereocenters. The molecule has 0 bridgehead atoms. The minimum absolute atomic E-state index is 0.0612. The summed E-state index contributed by atoms with van der Waals surface area (Å²) in [6.45, 7) is 5.49. The molecule has 1 aliphatic heterocycles. The Morgan fingerprint density at radius 2 is 2.17 bits per heavy atom. The van der Waals surface area contributed by atoms with Gasteiger partial charge in [0.1, 0.15) is 11.8 Å². The molecule has 24 heavy (non-hydrogen) atoms. The molecular weight excluding hydrogens is 306 g/mol. The third-order valence-electron chi connectivity index (χ3n) is 4.16. The lowest BCUT2D eigenvalue weighted by molar-refractivity contribution is -0.124. The summed E-state index contributed by atoms with van der Waals surface area (Å²) in [5.41, 5.74) is 0.658. The molecule has 1 aliphatic rings. The summed E-state index contributed by atoms with van der Waals surface area (Å²) in [6, 6.07) is 6.55. The van der Waals surface area contributed by atoms with Gasteiger partial charge in [0.25, 0.3) is 0 Å². The van der Waals surface area contributed by atoms with E-state index in [-0.39, 0.29) is 18.0 Å². The van der Waals surface area contributed by atoms with Gasteiger partial charge in [0.2, 0.25) is 5.91 Å². The maximum Gasteiger partial charge on any atom is 0.322 e. The minimum atomic E-state index is -0.386. The van der Waals surface area contributed by atoms with Gasteiger partial charge in [0.15, 0.2) is 0 Å². The smallest absolute Gasteiger partial charge is 0.322 e. The molecule has 0 spiro atoms. The standard InChI is InChI=1S/C18H27N3O3/c1-13(2)9-10-19-17(22)16-8-5-11-21(16)18(23)20-14-6-4-7-15(12-14)24-3/h4,6-7,12-13,16H,5,8-11H2,1-3H3,(H,19,22)(H,20,23)/t16-/m1/s1. The molecule has 1 saturated heterocycles. The zero-order valence-corrected chi connectivity index (χ0v) is 14.7. The van der Waals surface area contributed by atoms with Gasteiger partial charge in [0, 0.05) is 24.8 Å². The average Bonchev–Trinajstić information content (AvgIpc) is 3.04. The zero-order chi connectivity index (χ0) is 17.5. The van der Waals surface area contributed by atoms with Crippen molar-refractivity contribution >= 4 is 17.6 Å². The molecule has 2 rings (SSSR count). The fourth-order valence-corrected chi connectivity index (χ4v) is 2.78. The summed E-state index contributed by atoms with van der Waals surface area (Å²) < 4.78 is 5.16. The van der Waals surface area contributed by atoms with E-state index in [0.717, 1.165) is 12.8 Å². The van der Waals surface area contributed by atoms with Gasteiger partial charge < -0.3 is 20.3 Å². The van der Waals surface area contributed by atoms with E-state index in [9.17, 15) is 9.59 Å². The number of likely N-dealkylation sites (tertiary alicyclic amines) is 1. The van der Waals surface area contributed by atoms with Gasteiger partial charge in [-0.15, -0.1) is 0 Å². The molecule has 0 aromatic heterocycles. The number of amides is 3. The number of rotatable bonds is 6. The van der Waals surface area contributed by atoms with Crippen molar-refractivity contribution in [2.24, 2.45) is 5.92 Å². The first-order chi connectivity index (χ1) is 11.5. The van der Waals surface area contributed by atoms with Gasteiger partial charge in [0.05, 0.1) is 7.11 Å². The first kappa shape index (κ1) is 18.1. The highest BCUT2D eigenvalue weighted by Crippen LogP contribution is 2.21. The Morgan fingerprint density at radius 3 is 2.88 bits per heavy atom. The Morgan fingerprint density at radius 1 is 1.38 bits per heavy atom. The van der Waals surface area contributed by atoms with Crippen molar-refractivity contribution in [2.45, 2.75) is 39.2 Å². The largest absolute Gasteiger partial charge is 0.497 e. The van der Waals surface area contributed by atoms with E-state index in [0.29, 0.717) is 36.9 Å². The number of anilines is 1. The van der Waals surface area contributed by atoms with Gasteiger partial charge in [-0.25, -0.2) is 4.79 Å². The molecule has 2 N–H and O–H groups in total. The predicted octanol–water partition coefficient (Wildman–Crippen LogP) is 2.85. The summed E-state index contributed by atoms with van der Waals surface area (Å²) in [4.78, 5) is 26.5. The van der Waals surface area contributed by atoms with Crippen molar-refractivity contribution in [3.05, 3.63) is 24.3 Å². The Kier molecular flexibility index (Phi) is 6.46. The van der Waals surface area contributed by atoms with E-state index >= 15 is 0 Å². The lowest BCUT2D eigenvalue weighted by Gasteiger charge is -2.24. The molecule has 6 nitrogen and oxygen atoms in total. The number of hydrogen-bond donors (Lipinski definition) is 2. The van der Waals surface area contributed by atoms with Crippen LogP contribution >= 0.6 is 0 Å². The number of hydrogen-bond acceptors (Lipinski definition) is 3. The lowest BCUT2D eigenvalue weighted by Crippen LogP contribution is -2.47. The predicted molar refractivity (Wildman–Crippen MR) is 94.2 cm³/mol. The van der Waals surface area contributed by atoms with Crippen LogP contribution in [-0.4, -0.2) is 43.1 Å². The van der Waals surface area contributed by atoms with Gasteiger partial charge in [-0.05, 0) is 37.3 Å². The van der Waals surface area contributed by atoms with E-state index in [1.165, 1.54) is 0 Å². The van der Waals surface area contributed by atoms with Gasteiger partial charge >= 0.3 is 6.03 Å². The Balaban J connectivity index is 1.93. The van der Waals surface area contributed by atoms with Crippen LogP contribution in [0.4, 0.5) is 10.5 Å². The molecule has 0 radical (unpaired) electrons. The number of carbonyl (C=O) groups is 2. The van der Waals surface area contributed by atoms with Crippen molar-refractivity contribution in [3.63, 3.8) is 0 Å². The summed E-state index contributed by atoms with van der Waals surface area (Å²) in [7, 11) is 1.58. The number of methoxy groups -OCH3 is 1. The third-order valence-corrected chi connectivity index (χ3v) is 4.16. The van der Waals surface area contributed by atoms with Crippen LogP contribution in [0, 0.1) is 5.92 Å². The number of benzene rings is 1. The van der Waals surface area contributed by atoms with E-state index in [4.69, 9.17) is 4.74 Å². The highest BCUT2D eigenvalue weighted by Gasteiger charge is 2.33. The van der Waals surface area contributed by atoms with Crippen molar-refractivity contribution in [1.29, 1.82) is 0 Å². The van der Waals surface area contributed by atoms with Gasteiger partial charge in [-0.1, -0.05) is 19.9 Å². The van der Waals surface area contributed by atoms with Crippen LogP contribution in [0.3, 0.4) is 0 Å². The van der Waals surface area contributed by atoms with Crippen LogP contribution in [-0.2, 0) is 4.79 Å². The molecule has 1 aromatic carbocycles. The summed E-state index contributed by atoms with van der Waals surface area (Å²) in [5.74, 6) is 1.16. The highest BCUT2D eigenvalue weighted by atomic mass is 16.5. The molecular formula is C18H27N3O3. The minimum Gasteiger partial charge on any atom is -0.497 e. The molecule has 132 valence electrons. The van der Waals surface area contributed by atoms with Crippen LogP contribution in [0.15, 0.2) is 24.3 Å². The van der Waals surface area contributed by atoms with Crippen LogP contribution in [0.1, 0.15) is 33.1 Å². The first-order valence-corrected chi connectivity index (χ1v) is 8.50. The second-order valence-electron chi connectivity index (χ2n) is 6.49. The monoisotopic (exact) mass is 333 g/mol. The average molecular weight is 333 g/mol. The maximum absolute atomic E-state index is 12.5. The molecule has 0 saturated carbocycles. The van der Waals surface area contributed by atoms with Crippen LogP contribution in [0.5, 0.6) is 5.75 Å². The number of ether oxygens (including phenoxy) is 1.